The van der Waals surface area contributed by atoms with Gasteiger partial charge < -0.3 is 4.90 Å². The Labute approximate surface area is 124 Å². The lowest BCUT2D eigenvalue weighted by atomic mass is 9.91. The molecule has 5 nitrogen and oxygen atoms in total. The van der Waals surface area contributed by atoms with E-state index in [1.807, 2.05) is 0 Å². The largest absolute Gasteiger partial charge is 0.345 e. The second-order valence-corrected chi connectivity index (χ2v) is 7.41. The van der Waals surface area contributed by atoms with Gasteiger partial charge in [-0.25, -0.2) is 10.8 Å². The van der Waals surface area contributed by atoms with Crippen molar-refractivity contribution in [3.05, 3.63) is 10.6 Å². The maximum Gasteiger partial charge on any atom is 0.277 e. The molecule has 0 bridgehead atoms. The Morgan fingerprint density at radius 1 is 1.45 bits per heavy atom. The van der Waals surface area contributed by atoms with E-state index in [1.165, 1.54) is 30.6 Å². The number of thiazole rings is 1. The SMILES string of the molecule is CC1CCCCN1c1nc(C(C)(C)C)c(C(=O)NN)s1. The summed E-state index contributed by atoms with van der Waals surface area (Å²) < 4.78 is 0. The summed E-state index contributed by atoms with van der Waals surface area (Å²) in [6.45, 7) is 9.44. The molecule has 0 spiro atoms. The molecule has 2 heterocycles. The molecule has 1 aliphatic rings. The van der Waals surface area contributed by atoms with Crippen LogP contribution >= 0.6 is 11.3 Å². The molecular weight excluding hydrogens is 272 g/mol. The number of nitrogens with zero attached hydrogens (tertiary/aromatic N) is 2. The molecule has 0 aromatic carbocycles. The first kappa shape index (κ1) is 15.3. The van der Waals surface area contributed by atoms with Crippen LogP contribution in [0.25, 0.3) is 0 Å². The summed E-state index contributed by atoms with van der Waals surface area (Å²) in [6.07, 6.45) is 3.64. The number of rotatable bonds is 2. The standard InChI is InChI=1S/C14H24N4OS/c1-9-7-5-6-8-18(9)13-16-11(14(2,3)4)10(20-13)12(19)17-15/h9H,5-8,15H2,1-4H3,(H,17,19). The van der Waals surface area contributed by atoms with Crippen molar-refractivity contribution in [3.63, 3.8) is 0 Å². The molecule has 0 radical (unpaired) electrons. The number of nitrogens with one attached hydrogen (secondary N) is 1. The first-order valence-corrected chi connectivity index (χ1v) is 7.95. The average Bonchev–Trinajstić information content (AvgIpc) is 2.83. The molecule has 1 atom stereocenters. The Kier molecular flexibility index (Phi) is 4.34. The maximum absolute atomic E-state index is 12.0. The fraction of sp³-hybridized carbons (Fsp3) is 0.714. The predicted octanol–water partition coefficient (Wildman–Crippen LogP) is 2.42. The highest BCUT2D eigenvalue weighted by atomic mass is 32.1. The maximum atomic E-state index is 12.0. The van der Waals surface area contributed by atoms with E-state index in [1.54, 1.807) is 0 Å². The molecule has 0 saturated carbocycles. The highest BCUT2D eigenvalue weighted by molar-refractivity contribution is 7.17. The van der Waals surface area contributed by atoms with Gasteiger partial charge in [0, 0.05) is 18.0 Å². The lowest BCUT2D eigenvalue weighted by Crippen LogP contribution is -2.37. The summed E-state index contributed by atoms with van der Waals surface area (Å²) in [5.41, 5.74) is 2.89. The Morgan fingerprint density at radius 3 is 2.70 bits per heavy atom. The van der Waals surface area contributed by atoms with Gasteiger partial charge in [-0.1, -0.05) is 32.1 Å². The summed E-state index contributed by atoms with van der Waals surface area (Å²) in [5.74, 6) is 5.05. The summed E-state index contributed by atoms with van der Waals surface area (Å²) in [5, 5.41) is 0.945. The second kappa shape index (κ2) is 5.69. The zero-order chi connectivity index (χ0) is 14.9. The van der Waals surface area contributed by atoms with Gasteiger partial charge in [-0.2, -0.15) is 0 Å². The molecule has 1 aromatic rings. The quantitative estimate of drug-likeness (QED) is 0.499. The van der Waals surface area contributed by atoms with Crippen molar-refractivity contribution in [2.45, 2.75) is 58.4 Å². The minimum absolute atomic E-state index is 0.171. The summed E-state index contributed by atoms with van der Waals surface area (Å²) in [4.78, 5) is 19.7. The molecule has 1 aromatic heterocycles. The summed E-state index contributed by atoms with van der Waals surface area (Å²) >= 11 is 1.45. The van der Waals surface area contributed by atoms with Crippen LogP contribution in [0.5, 0.6) is 0 Å². The van der Waals surface area contributed by atoms with E-state index in [4.69, 9.17) is 10.8 Å². The van der Waals surface area contributed by atoms with Crippen molar-refractivity contribution in [3.8, 4) is 0 Å². The van der Waals surface area contributed by atoms with E-state index in [0.717, 1.165) is 17.4 Å². The van der Waals surface area contributed by atoms with Crippen LogP contribution in [0, 0.1) is 0 Å². The first-order chi connectivity index (χ1) is 9.34. The topological polar surface area (TPSA) is 71.2 Å². The Bertz CT molecular complexity index is 492. The molecule has 3 N–H and O–H groups in total. The van der Waals surface area contributed by atoms with Crippen LogP contribution in [-0.2, 0) is 5.41 Å². The molecule has 0 aliphatic carbocycles. The van der Waals surface area contributed by atoms with E-state index in [2.05, 4.69) is 38.0 Å². The van der Waals surface area contributed by atoms with Gasteiger partial charge in [-0.05, 0) is 26.2 Å². The number of amides is 1. The van der Waals surface area contributed by atoms with E-state index < -0.39 is 0 Å². The zero-order valence-corrected chi connectivity index (χ0v) is 13.5. The van der Waals surface area contributed by atoms with Gasteiger partial charge >= 0.3 is 0 Å². The van der Waals surface area contributed by atoms with Crippen molar-refractivity contribution >= 4 is 22.4 Å². The van der Waals surface area contributed by atoms with Crippen molar-refractivity contribution in [2.75, 3.05) is 11.4 Å². The Hall–Kier alpha value is -1.14. The molecule has 1 fully saturated rings. The lowest BCUT2D eigenvalue weighted by Gasteiger charge is -2.33. The number of anilines is 1. The smallest absolute Gasteiger partial charge is 0.277 e. The van der Waals surface area contributed by atoms with Crippen LogP contribution in [0.15, 0.2) is 0 Å². The normalized spacial score (nSPS) is 20.1. The van der Waals surface area contributed by atoms with Crippen LogP contribution < -0.4 is 16.2 Å². The van der Waals surface area contributed by atoms with E-state index >= 15 is 0 Å². The van der Waals surface area contributed by atoms with Gasteiger partial charge in [0.2, 0.25) is 0 Å². The number of hydrazine groups is 1. The minimum atomic E-state index is -0.247. The fourth-order valence-corrected chi connectivity index (χ4v) is 3.85. The van der Waals surface area contributed by atoms with Gasteiger partial charge in [0.15, 0.2) is 5.13 Å². The minimum Gasteiger partial charge on any atom is -0.345 e. The summed E-state index contributed by atoms with van der Waals surface area (Å²) in [7, 11) is 0. The van der Waals surface area contributed by atoms with Gasteiger partial charge in [-0.3, -0.25) is 10.2 Å². The molecule has 6 heteroatoms. The number of piperidine rings is 1. The monoisotopic (exact) mass is 296 g/mol. The molecule has 1 amide bonds. The lowest BCUT2D eigenvalue weighted by molar-refractivity contribution is 0.0955. The Morgan fingerprint density at radius 2 is 2.15 bits per heavy atom. The number of hydrogen-bond acceptors (Lipinski definition) is 5. The molecule has 1 unspecified atom stereocenters. The molecule has 112 valence electrons. The Balaban J connectivity index is 2.40. The van der Waals surface area contributed by atoms with Crippen molar-refractivity contribution < 1.29 is 4.79 Å². The molecule has 1 saturated heterocycles. The number of carbonyl (C=O) groups excluding carboxylic acids is 1. The van der Waals surface area contributed by atoms with E-state index in [9.17, 15) is 4.79 Å². The zero-order valence-electron chi connectivity index (χ0n) is 12.7. The number of nitrogens with two attached hydrogens (primary N) is 1. The first-order valence-electron chi connectivity index (χ1n) is 7.13. The van der Waals surface area contributed by atoms with Crippen LogP contribution in [0.4, 0.5) is 5.13 Å². The molecule has 2 rings (SSSR count). The summed E-state index contributed by atoms with van der Waals surface area (Å²) in [6, 6.07) is 0.483. The third-order valence-electron chi connectivity index (χ3n) is 3.71. The number of hydrogen-bond donors (Lipinski definition) is 2. The molecule has 20 heavy (non-hydrogen) atoms. The van der Waals surface area contributed by atoms with Crippen LogP contribution in [0.1, 0.15) is 62.3 Å². The van der Waals surface area contributed by atoms with Gasteiger partial charge in [-0.15, -0.1) is 0 Å². The third-order valence-corrected chi connectivity index (χ3v) is 4.80. The number of carbonyl (C=O) groups is 1. The third kappa shape index (κ3) is 2.96. The molecule has 1 aliphatic heterocycles. The highest BCUT2D eigenvalue weighted by Crippen LogP contribution is 2.36. The van der Waals surface area contributed by atoms with E-state index in [0.29, 0.717) is 10.9 Å². The van der Waals surface area contributed by atoms with E-state index in [-0.39, 0.29) is 11.3 Å². The number of aromatic nitrogens is 1. The van der Waals surface area contributed by atoms with Gasteiger partial charge in [0.25, 0.3) is 5.91 Å². The van der Waals surface area contributed by atoms with Gasteiger partial charge in [0.1, 0.15) is 4.88 Å². The van der Waals surface area contributed by atoms with Crippen molar-refractivity contribution in [1.29, 1.82) is 0 Å². The average molecular weight is 296 g/mol. The fourth-order valence-electron chi connectivity index (χ4n) is 2.54. The highest BCUT2D eigenvalue weighted by Gasteiger charge is 2.30. The van der Waals surface area contributed by atoms with Crippen LogP contribution in [-0.4, -0.2) is 23.5 Å². The predicted molar refractivity (Wildman–Crippen MR) is 83.1 cm³/mol. The van der Waals surface area contributed by atoms with Crippen LogP contribution in [0.3, 0.4) is 0 Å². The number of nitrogen functional groups attached to an aromatic ring is 1. The van der Waals surface area contributed by atoms with Crippen molar-refractivity contribution in [2.24, 2.45) is 5.84 Å². The molecular formula is C14H24N4OS. The van der Waals surface area contributed by atoms with Crippen molar-refractivity contribution in [1.82, 2.24) is 10.4 Å². The van der Waals surface area contributed by atoms with Gasteiger partial charge in [0.05, 0.1) is 5.69 Å². The second-order valence-electron chi connectivity index (χ2n) is 6.44. The van der Waals surface area contributed by atoms with Crippen LogP contribution in [0.2, 0.25) is 0 Å².